The predicted molar refractivity (Wildman–Crippen MR) is 154 cm³/mol. The fraction of sp³-hybridized carbons (Fsp3) is 0.143. The van der Waals surface area contributed by atoms with E-state index in [1.165, 1.54) is 6.92 Å². The summed E-state index contributed by atoms with van der Waals surface area (Å²) < 4.78 is 5.67. The van der Waals surface area contributed by atoms with Gasteiger partial charge in [-0.25, -0.2) is 0 Å². The molecule has 1 saturated heterocycles. The highest BCUT2D eigenvalue weighted by Crippen LogP contribution is 2.62. The van der Waals surface area contributed by atoms with Crippen molar-refractivity contribution in [2.24, 2.45) is 5.41 Å². The van der Waals surface area contributed by atoms with Gasteiger partial charge in [0, 0.05) is 35.1 Å². The van der Waals surface area contributed by atoms with Crippen molar-refractivity contribution < 1.29 is 23.9 Å². The molecule has 1 spiro atoms. The van der Waals surface area contributed by atoms with Gasteiger partial charge in [-0.15, -0.1) is 0 Å². The molecule has 4 aromatic rings. The van der Waals surface area contributed by atoms with Gasteiger partial charge >= 0.3 is 5.97 Å². The first-order valence-electron chi connectivity index (χ1n) is 13.6. The molecule has 6 heteroatoms. The Labute approximate surface area is 236 Å². The number of benzene rings is 4. The molecule has 1 unspecified atom stereocenters. The van der Waals surface area contributed by atoms with Crippen LogP contribution in [0.2, 0.25) is 0 Å². The molecule has 1 aliphatic carbocycles. The summed E-state index contributed by atoms with van der Waals surface area (Å²) in [5.74, 6) is -1.89. The van der Waals surface area contributed by atoms with E-state index in [1.54, 1.807) is 60.7 Å². The quantitative estimate of drug-likeness (QED) is 0.138. The van der Waals surface area contributed by atoms with Crippen LogP contribution in [0.1, 0.15) is 55.0 Å². The largest absolute Gasteiger partial charge is 0.424 e. The first-order valence-corrected chi connectivity index (χ1v) is 13.6. The Balaban J connectivity index is 1.57. The first-order chi connectivity index (χ1) is 19.9. The summed E-state index contributed by atoms with van der Waals surface area (Å²) in [4.78, 5) is 58.0. The molecule has 3 atom stereocenters. The third-order valence-corrected chi connectivity index (χ3v) is 8.53. The molecular weight excluding hydrogens is 514 g/mol. The van der Waals surface area contributed by atoms with Crippen molar-refractivity contribution in [3.63, 3.8) is 0 Å². The van der Waals surface area contributed by atoms with Crippen molar-refractivity contribution in [2.45, 2.75) is 24.9 Å². The van der Waals surface area contributed by atoms with Gasteiger partial charge in [-0.2, -0.15) is 0 Å². The van der Waals surface area contributed by atoms with Gasteiger partial charge in [0.1, 0.15) is 11.5 Å². The van der Waals surface area contributed by atoms with Crippen LogP contribution >= 0.6 is 0 Å². The van der Waals surface area contributed by atoms with Crippen LogP contribution in [-0.4, -0.2) is 35.4 Å². The minimum absolute atomic E-state index is 0.225. The fourth-order valence-corrected chi connectivity index (χ4v) is 7.03. The van der Waals surface area contributed by atoms with Crippen molar-refractivity contribution in [1.82, 2.24) is 0 Å². The van der Waals surface area contributed by atoms with Crippen molar-refractivity contribution in [3.8, 4) is 5.75 Å². The van der Waals surface area contributed by atoms with E-state index in [2.05, 4.69) is 0 Å². The van der Waals surface area contributed by atoms with Gasteiger partial charge < -0.3 is 9.64 Å². The molecule has 4 aromatic carbocycles. The molecule has 7 rings (SSSR count). The summed E-state index contributed by atoms with van der Waals surface area (Å²) in [6.45, 7) is 1.32. The van der Waals surface area contributed by atoms with Crippen molar-refractivity contribution in [1.29, 1.82) is 0 Å². The normalized spacial score (nSPS) is 21.4. The Kier molecular flexibility index (Phi) is 5.61. The standard InChI is InChI=1S/C35H25NO5/c1-21(37)41-27-18-10-15-23-19-20-28-35(33(39)25-16-8-9-17-26(25)34(35)40)29(22-11-4-2-5-12-22)31(36(28)30(23)27)32(38)24-13-6-3-7-14-24/h2-20,28-29,31H,1H3/t28?,29-,31+/m0/s1. The molecule has 3 aliphatic rings. The fourth-order valence-electron chi connectivity index (χ4n) is 7.03. The van der Waals surface area contributed by atoms with Crippen LogP contribution in [0.4, 0.5) is 5.69 Å². The van der Waals surface area contributed by atoms with Gasteiger partial charge in [0.05, 0.1) is 11.7 Å². The second-order valence-corrected chi connectivity index (χ2v) is 10.6. The Morgan fingerprint density at radius 1 is 0.756 bits per heavy atom. The molecule has 200 valence electrons. The lowest BCUT2D eigenvalue weighted by molar-refractivity contribution is -0.131. The number of ketones is 3. The maximum absolute atomic E-state index is 14.7. The summed E-state index contributed by atoms with van der Waals surface area (Å²) in [6.07, 6.45) is 3.71. The number of para-hydroxylation sites is 1. The molecule has 0 bridgehead atoms. The second kappa shape index (κ2) is 9.24. The molecule has 6 nitrogen and oxygen atoms in total. The molecule has 0 amide bonds. The van der Waals surface area contributed by atoms with E-state index in [-0.39, 0.29) is 23.1 Å². The molecule has 0 radical (unpaired) electrons. The number of hydrogen-bond donors (Lipinski definition) is 0. The number of carbonyl (C=O) groups excluding carboxylic acids is 4. The van der Waals surface area contributed by atoms with E-state index in [0.29, 0.717) is 27.9 Å². The topological polar surface area (TPSA) is 80.8 Å². The van der Waals surface area contributed by atoms with Gasteiger partial charge in [0.15, 0.2) is 23.1 Å². The zero-order chi connectivity index (χ0) is 28.3. The smallest absolute Gasteiger partial charge is 0.308 e. The van der Waals surface area contributed by atoms with Crippen LogP contribution in [0.5, 0.6) is 5.75 Å². The van der Waals surface area contributed by atoms with E-state index >= 15 is 0 Å². The lowest BCUT2D eigenvalue weighted by atomic mass is 9.64. The number of nitrogens with zero attached hydrogens (tertiary/aromatic N) is 1. The van der Waals surface area contributed by atoms with Crippen LogP contribution in [0, 0.1) is 5.41 Å². The Morgan fingerprint density at radius 3 is 2.00 bits per heavy atom. The van der Waals surface area contributed by atoms with Gasteiger partial charge in [0.25, 0.3) is 0 Å². The van der Waals surface area contributed by atoms with E-state index in [1.807, 2.05) is 59.5 Å². The number of esters is 1. The molecular formula is C35H25NO5. The van der Waals surface area contributed by atoms with E-state index in [0.717, 1.165) is 5.56 Å². The molecule has 0 N–H and O–H groups in total. The SMILES string of the molecule is CC(=O)Oc1cccc2c1N1C(C=C2)C2(C(=O)c3ccccc3C2=O)[C@@H](c2ccccc2)[C@@H]1C(=O)c1ccccc1. The average molecular weight is 540 g/mol. The molecule has 0 aromatic heterocycles. The van der Waals surface area contributed by atoms with Gasteiger partial charge in [-0.05, 0) is 11.6 Å². The molecule has 0 saturated carbocycles. The zero-order valence-corrected chi connectivity index (χ0v) is 22.2. The highest BCUT2D eigenvalue weighted by molar-refractivity contribution is 6.32. The first kappa shape index (κ1) is 24.9. The molecule has 41 heavy (non-hydrogen) atoms. The molecule has 2 heterocycles. The Hall–Kier alpha value is -5.10. The van der Waals surface area contributed by atoms with Crippen LogP contribution in [0.3, 0.4) is 0 Å². The third-order valence-electron chi connectivity index (χ3n) is 8.53. The number of anilines is 1. The van der Waals surface area contributed by atoms with Crippen LogP contribution in [0.15, 0.2) is 109 Å². The third kappa shape index (κ3) is 3.43. The summed E-state index contributed by atoms with van der Waals surface area (Å²) in [7, 11) is 0. The van der Waals surface area contributed by atoms with Crippen LogP contribution in [-0.2, 0) is 4.79 Å². The van der Waals surface area contributed by atoms with Gasteiger partial charge in [-0.1, -0.05) is 109 Å². The number of carbonyl (C=O) groups is 4. The number of rotatable bonds is 4. The zero-order valence-electron chi connectivity index (χ0n) is 22.2. The molecule has 2 aliphatic heterocycles. The minimum atomic E-state index is -1.61. The number of ether oxygens (including phenoxy) is 1. The number of hydrogen-bond acceptors (Lipinski definition) is 6. The van der Waals surface area contributed by atoms with Gasteiger partial charge in [-0.3, -0.25) is 19.2 Å². The number of Topliss-reactive ketones (excluding diaryl/α,β-unsaturated/α-hetero) is 3. The summed E-state index contributed by atoms with van der Waals surface area (Å²) in [5, 5.41) is 0. The maximum atomic E-state index is 14.7. The summed E-state index contributed by atoms with van der Waals surface area (Å²) in [5.41, 5.74) is 1.52. The van der Waals surface area contributed by atoms with Gasteiger partial charge in [0.2, 0.25) is 0 Å². The maximum Gasteiger partial charge on any atom is 0.308 e. The minimum Gasteiger partial charge on any atom is -0.424 e. The average Bonchev–Trinajstić information content (AvgIpc) is 3.43. The molecule has 1 fully saturated rings. The highest BCUT2D eigenvalue weighted by Gasteiger charge is 2.71. The van der Waals surface area contributed by atoms with Crippen LogP contribution < -0.4 is 9.64 Å². The summed E-state index contributed by atoms with van der Waals surface area (Å²) in [6, 6.07) is 28.7. The highest BCUT2D eigenvalue weighted by atomic mass is 16.5. The van der Waals surface area contributed by atoms with Crippen LogP contribution in [0.25, 0.3) is 6.08 Å². The lowest BCUT2D eigenvalue weighted by Gasteiger charge is -2.37. The summed E-state index contributed by atoms with van der Waals surface area (Å²) >= 11 is 0. The predicted octanol–water partition coefficient (Wildman–Crippen LogP) is 5.93. The van der Waals surface area contributed by atoms with Crippen molar-refractivity contribution in [3.05, 3.63) is 137 Å². The second-order valence-electron chi connectivity index (χ2n) is 10.6. The Bertz CT molecular complexity index is 1740. The van der Waals surface area contributed by atoms with E-state index in [9.17, 15) is 19.2 Å². The Morgan fingerprint density at radius 2 is 1.37 bits per heavy atom. The lowest BCUT2D eigenvalue weighted by Crippen LogP contribution is -2.48. The van der Waals surface area contributed by atoms with E-state index < -0.39 is 29.4 Å². The number of fused-ring (bicyclic) bond motifs is 5. The van der Waals surface area contributed by atoms with E-state index in [4.69, 9.17) is 4.74 Å². The van der Waals surface area contributed by atoms with Crippen molar-refractivity contribution in [2.75, 3.05) is 4.90 Å². The van der Waals surface area contributed by atoms with Crippen molar-refractivity contribution >= 4 is 35.1 Å². The monoisotopic (exact) mass is 539 g/mol.